The van der Waals surface area contributed by atoms with Crippen LogP contribution in [0.2, 0.25) is 0 Å². The number of rotatable bonds is 11. The lowest BCUT2D eigenvalue weighted by atomic mass is 10.0. The lowest BCUT2D eigenvalue weighted by Gasteiger charge is -2.04. The molecule has 2 nitrogen and oxygen atoms in total. The highest BCUT2D eigenvalue weighted by Crippen LogP contribution is 2.14. The lowest BCUT2D eigenvalue weighted by molar-refractivity contribution is 0.556. The van der Waals surface area contributed by atoms with Gasteiger partial charge in [0, 0.05) is 11.1 Å². The number of H-pyrrole nitrogens is 1. The fraction of sp³-hybridized carbons (Fsp3) is 0.571. The van der Waals surface area contributed by atoms with Crippen LogP contribution >= 0.6 is 0 Å². The van der Waals surface area contributed by atoms with Crippen LogP contribution in [0.4, 0.5) is 0 Å². The molecule has 1 aromatic carbocycles. The van der Waals surface area contributed by atoms with Crippen molar-refractivity contribution in [2.45, 2.75) is 77.6 Å². The highest BCUT2D eigenvalue weighted by molar-refractivity contribution is 5.78. The summed E-state index contributed by atoms with van der Waals surface area (Å²) >= 11 is 0. The Bertz CT molecular complexity index is 629. The van der Waals surface area contributed by atoms with E-state index in [9.17, 15) is 4.79 Å². The molecule has 0 saturated heterocycles. The van der Waals surface area contributed by atoms with Crippen molar-refractivity contribution in [2.24, 2.45) is 0 Å². The number of aryl methyl sites for hydroxylation is 1. The van der Waals surface area contributed by atoms with Crippen LogP contribution in [0, 0.1) is 0 Å². The Morgan fingerprint density at radius 3 is 2.13 bits per heavy atom. The maximum atomic E-state index is 12.1. The monoisotopic (exact) mass is 313 g/mol. The van der Waals surface area contributed by atoms with Crippen LogP contribution in [-0.2, 0) is 6.42 Å². The second-order valence-electron chi connectivity index (χ2n) is 6.64. The van der Waals surface area contributed by atoms with Crippen LogP contribution in [0.3, 0.4) is 0 Å². The number of hydrogen-bond acceptors (Lipinski definition) is 1. The molecule has 0 unspecified atom stereocenters. The molecule has 0 aliphatic rings. The van der Waals surface area contributed by atoms with Crippen molar-refractivity contribution in [2.75, 3.05) is 0 Å². The van der Waals surface area contributed by atoms with Crippen molar-refractivity contribution in [1.29, 1.82) is 0 Å². The number of para-hydroxylation sites is 1. The van der Waals surface area contributed by atoms with Gasteiger partial charge in [0.25, 0.3) is 5.56 Å². The number of nitrogens with one attached hydrogen (secondary N) is 1. The highest BCUT2D eigenvalue weighted by Gasteiger charge is 2.02. The van der Waals surface area contributed by atoms with E-state index in [-0.39, 0.29) is 5.56 Å². The normalized spacial score (nSPS) is 11.2. The molecule has 0 atom stereocenters. The van der Waals surface area contributed by atoms with Gasteiger partial charge in [-0.3, -0.25) is 4.79 Å². The van der Waals surface area contributed by atoms with Gasteiger partial charge < -0.3 is 4.98 Å². The number of aromatic amines is 1. The Hall–Kier alpha value is -1.57. The molecule has 0 spiro atoms. The molecule has 0 amide bonds. The van der Waals surface area contributed by atoms with Crippen molar-refractivity contribution in [3.63, 3.8) is 0 Å². The Morgan fingerprint density at radius 1 is 0.826 bits per heavy atom. The van der Waals surface area contributed by atoms with Gasteiger partial charge in [0.2, 0.25) is 0 Å². The minimum absolute atomic E-state index is 0.0830. The number of benzene rings is 1. The molecule has 2 heteroatoms. The van der Waals surface area contributed by atoms with Crippen LogP contribution < -0.4 is 5.56 Å². The maximum Gasteiger partial charge on any atom is 0.251 e. The summed E-state index contributed by atoms with van der Waals surface area (Å²) in [6.07, 6.45) is 14.2. The summed E-state index contributed by atoms with van der Waals surface area (Å²) in [7, 11) is 0. The van der Waals surface area contributed by atoms with Crippen LogP contribution in [0.1, 0.15) is 76.7 Å². The molecule has 1 aromatic heterocycles. The van der Waals surface area contributed by atoms with Gasteiger partial charge in [-0.2, -0.15) is 0 Å². The van der Waals surface area contributed by atoms with E-state index in [1.807, 2.05) is 18.2 Å². The number of hydrogen-bond donors (Lipinski definition) is 1. The highest BCUT2D eigenvalue weighted by atomic mass is 16.1. The van der Waals surface area contributed by atoms with E-state index in [0.717, 1.165) is 29.3 Å². The molecule has 0 fully saturated rings. The SMILES string of the molecule is CCCCCCCCCCCCc1cc2ccccc2[nH]c1=O. The Labute approximate surface area is 140 Å². The number of pyridine rings is 1. The predicted octanol–water partition coefficient (Wildman–Crippen LogP) is 5.99. The van der Waals surface area contributed by atoms with Gasteiger partial charge in [-0.15, -0.1) is 0 Å². The number of aromatic nitrogens is 1. The van der Waals surface area contributed by atoms with E-state index in [0.29, 0.717) is 0 Å². The fourth-order valence-electron chi connectivity index (χ4n) is 3.18. The molecule has 1 heterocycles. The van der Waals surface area contributed by atoms with E-state index in [1.165, 1.54) is 57.8 Å². The van der Waals surface area contributed by atoms with Crippen molar-refractivity contribution >= 4 is 10.9 Å². The third kappa shape index (κ3) is 6.21. The quantitative estimate of drug-likeness (QED) is 0.508. The topological polar surface area (TPSA) is 32.9 Å². The van der Waals surface area contributed by atoms with Gasteiger partial charge in [-0.05, 0) is 30.4 Å². The van der Waals surface area contributed by atoms with Crippen LogP contribution in [0.15, 0.2) is 35.1 Å². The molecule has 0 radical (unpaired) electrons. The first-order chi connectivity index (χ1) is 11.3. The summed E-state index contributed by atoms with van der Waals surface area (Å²) in [6.45, 7) is 2.26. The fourth-order valence-corrected chi connectivity index (χ4v) is 3.18. The van der Waals surface area contributed by atoms with Crippen LogP contribution in [0.5, 0.6) is 0 Å². The second-order valence-corrected chi connectivity index (χ2v) is 6.64. The van der Waals surface area contributed by atoms with Crippen molar-refractivity contribution in [3.8, 4) is 0 Å². The second kappa shape index (κ2) is 10.3. The molecule has 2 rings (SSSR count). The third-order valence-corrected chi connectivity index (χ3v) is 4.63. The van der Waals surface area contributed by atoms with E-state index in [2.05, 4.69) is 24.0 Å². The number of unbranched alkanes of at least 4 members (excludes halogenated alkanes) is 9. The van der Waals surface area contributed by atoms with Gasteiger partial charge >= 0.3 is 0 Å². The molecule has 126 valence electrons. The third-order valence-electron chi connectivity index (χ3n) is 4.63. The summed E-state index contributed by atoms with van der Waals surface area (Å²) in [4.78, 5) is 15.1. The predicted molar refractivity (Wildman–Crippen MR) is 100 cm³/mol. The maximum absolute atomic E-state index is 12.1. The van der Waals surface area contributed by atoms with Gasteiger partial charge in [0.1, 0.15) is 0 Å². The first-order valence-corrected chi connectivity index (χ1v) is 9.42. The van der Waals surface area contributed by atoms with E-state index < -0.39 is 0 Å². The van der Waals surface area contributed by atoms with E-state index in [4.69, 9.17) is 0 Å². The van der Waals surface area contributed by atoms with Crippen molar-refractivity contribution in [1.82, 2.24) is 4.98 Å². The summed E-state index contributed by atoms with van der Waals surface area (Å²) < 4.78 is 0. The molecular weight excluding hydrogens is 282 g/mol. The number of fused-ring (bicyclic) bond motifs is 1. The Kier molecular flexibility index (Phi) is 7.92. The zero-order valence-electron chi connectivity index (χ0n) is 14.6. The molecule has 23 heavy (non-hydrogen) atoms. The van der Waals surface area contributed by atoms with Crippen LogP contribution in [0.25, 0.3) is 10.9 Å². The van der Waals surface area contributed by atoms with Crippen LogP contribution in [-0.4, -0.2) is 4.98 Å². The standard InChI is InChI=1S/C21H31NO/c1-2-3-4-5-6-7-8-9-10-11-15-19-17-18-14-12-13-16-20(18)22-21(19)23/h12-14,16-17H,2-11,15H2,1H3,(H,22,23). The minimum atomic E-state index is 0.0830. The summed E-state index contributed by atoms with van der Waals surface area (Å²) in [5.41, 5.74) is 1.95. The molecular formula is C21H31NO. The molecule has 2 aromatic rings. The summed E-state index contributed by atoms with van der Waals surface area (Å²) in [5.74, 6) is 0. The summed E-state index contributed by atoms with van der Waals surface area (Å²) in [5, 5.41) is 1.13. The van der Waals surface area contributed by atoms with Gasteiger partial charge in [-0.1, -0.05) is 82.9 Å². The van der Waals surface area contributed by atoms with Crippen molar-refractivity contribution in [3.05, 3.63) is 46.2 Å². The minimum Gasteiger partial charge on any atom is -0.322 e. The molecule has 1 N–H and O–H groups in total. The van der Waals surface area contributed by atoms with E-state index in [1.54, 1.807) is 0 Å². The Morgan fingerprint density at radius 2 is 1.43 bits per heavy atom. The summed E-state index contributed by atoms with van der Waals surface area (Å²) in [6, 6.07) is 10.1. The average molecular weight is 313 g/mol. The van der Waals surface area contributed by atoms with Crippen molar-refractivity contribution < 1.29 is 0 Å². The molecule has 0 bridgehead atoms. The first kappa shape index (κ1) is 17.8. The molecule has 0 saturated carbocycles. The average Bonchev–Trinajstić information content (AvgIpc) is 2.57. The van der Waals surface area contributed by atoms with Gasteiger partial charge in [0.15, 0.2) is 0 Å². The first-order valence-electron chi connectivity index (χ1n) is 9.42. The van der Waals surface area contributed by atoms with Gasteiger partial charge in [-0.25, -0.2) is 0 Å². The van der Waals surface area contributed by atoms with Gasteiger partial charge in [0.05, 0.1) is 0 Å². The lowest BCUT2D eigenvalue weighted by Crippen LogP contribution is -2.12. The molecule has 0 aliphatic heterocycles. The smallest absolute Gasteiger partial charge is 0.251 e. The largest absolute Gasteiger partial charge is 0.322 e. The zero-order chi connectivity index (χ0) is 16.3. The van der Waals surface area contributed by atoms with E-state index >= 15 is 0 Å². The zero-order valence-corrected chi connectivity index (χ0v) is 14.6. The molecule has 0 aliphatic carbocycles. The Balaban J connectivity index is 1.63.